The van der Waals surface area contributed by atoms with Crippen LogP contribution in [0.15, 0.2) is 30.5 Å². The highest BCUT2D eigenvalue weighted by Crippen LogP contribution is 2.20. The molecule has 0 bridgehead atoms. The lowest BCUT2D eigenvalue weighted by Gasteiger charge is -2.26. The van der Waals surface area contributed by atoms with Gasteiger partial charge in [0.25, 0.3) is 5.91 Å². The molecule has 8 heteroatoms. The molecule has 1 aliphatic heterocycles. The van der Waals surface area contributed by atoms with Gasteiger partial charge in [0.05, 0.1) is 23.6 Å². The van der Waals surface area contributed by atoms with Gasteiger partial charge in [0.2, 0.25) is 0 Å². The lowest BCUT2D eigenvalue weighted by atomic mass is 10.2. The summed E-state index contributed by atoms with van der Waals surface area (Å²) in [4.78, 5) is 23.0. The zero-order valence-corrected chi connectivity index (χ0v) is 15.9. The van der Waals surface area contributed by atoms with Gasteiger partial charge in [-0.1, -0.05) is 0 Å². The molecule has 3 heterocycles. The maximum atomic E-state index is 12.5. The molecule has 1 amide bonds. The number of hydrogen-bond acceptors (Lipinski definition) is 6. The third-order valence-electron chi connectivity index (χ3n) is 4.21. The van der Waals surface area contributed by atoms with Gasteiger partial charge in [-0.2, -0.15) is 0 Å². The van der Waals surface area contributed by atoms with Crippen LogP contribution >= 0.6 is 11.3 Å². The first-order valence-electron chi connectivity index (χ1n) is 8.06. The van der Waals surface area contributed by atoms with Gasteiger partial charge in [0, 0.05) is 36.1 Å². The minimum atomic E-state index is -2.99. The summed E-state index contributed by atoms with van der Waals surface area (Å²) in [6.07, 6.45) is 1.57. The highest BCUT2D eigenvalue weighted by atomic mass is 32.2. The van der Waals surface area contributed by atoms with Gasteiger partial charge in [-0.05, 0) is 31.2 Å². The Kier molecular flexibility index (Phi) is 5.10. The Hall–Kier alpha value is -1.93. The van der Waals surface area contributed by atoms with E-state index in [1.165, 1.54) is 9.75 Å². The molecule has 2 aromatic rings. The Morgan fingerprint density at radius 1 is 1.24 bits per heavy atom. The van der Waals surface area contributed by atoms with Crippen LogP contribution in [0.4, 0.5) is 5.82 Å². The molecule has 2 aromatic heterocycles. The zero-order chi connectivity index (χ0) is 18.0. The van der Waals surface area contributed by atoms with Crippen molar-refractivity contribution in [3.05, 3.63) is 45.8 Å². The zero-order valence-electron chi connectivity index (χ0n) is 14.3. The summed E-state index contributed by atoms with van der Waals surface area (Å²) in [7, 11) is -1.03. The van der Waals surface area contributed by atoms with Crippen LogP contribution in [0, 0.1) is 6.92 Å². The second-order valence-electron chi connectivity index (χ2n) is 6.22. The van der Waals surface area contributed by atoms with Crippen molar-refractivity contribution >= 4 is 32.9 Å². The molecule has 0 saturated carbocycles. The Morgan fingerprint density at radius 2 is 1.96 bits per heavy atom. The van der Waals surface area contributed by atoms with E-state index in [2.05, 4.69) is 24.0 Å². The van der Waals surface area contributed by atoms with Crippen LogP contribution in [0.25, 0.3) is 0 Å². The molecule has 1 saturated heterocycles. The van der Waals surface area contributed by atoms with Gasteiger partial charge < -0.3 is 9.80 Å². The van der Waals surface area contributed by atoms with Gasteiger partial charge in [-0.3, -0.25) is 4.79 Å². The Labute approximate surface area is 152 Å². The van der Waals surface area contributed by atoms with E-state index in [1.807, 2.05) is 18.0 Å². The van der Waals surface area contributed by atoms with Gasteiger partial charge in [-0.15, -0.1) is 11.3 Å². The van der Waals surface area contributed by atoms with Crippen molar-refractivity contribution in [2.75, 3.05) is 36.5 Å². The molecular formula is C17H21N3O3S2. The average Bonchev–Trinajstić information content (AvgIpc) is 2.99. The van der Waals surface area contributed by atoms with Crippen molar-refractivity contribution in [2.24, 2.45) is 0 Å². The summed E-state index contributed by atoms with van der Waals surface area (Å²) >= 11 is 1.76. The molecule has 1 fully saturated rings. The standard InChI is InChI=1S/C17H21N3O3S2/c1-13-3-5-15(24-13)12-19(2)16-6-4-14(11-18-16)17(21)20-7-9-25(22,23)10-8-20/h3-6,11H,7-10,12H2,1-2H3. The van der Waals surface area contributed by atoms with E-state index in [9.17, 15) is 13.2 Å². The average molecular weight is 380 g/mol. The monoisotopic (exact) mass is 379 g/mol. The molecule has 6 nitrogen and oxygen atoms in total. The molecule has 134 valence electrons. The molecule has 1 aliphatic rings. The molecule has 0 aliphatic carbocycles. The number of nitrogens with zero attached hydrogens (tertiary/aromatic N) is 3. The molecule has 25 heavy (non-hydrogen) atoms. The molecular weight excluding hydrogens is 358 g/mol. The second kappa shape index (κ2) is 7.13. The number of thiophene rings is 1. The summed E-state index contributed by atoms with van der Waals surface area (Å²) in [5, 5.41) is 0. The maximum absolute atomic E-state index is 12.5. The Balaban J connectivity index is 1.64. The third-order valence-corrected chi connectivity index (χ3v) is 6.80. The number of carbonyl (C=O) groups excluding carboxylic acids is 1. The summed E-state index contributed by atoms with van der Waals surface area (Å²) in [5.41, 5.74) is 0.489. The number of carbonyl (C=O) groups is 1. The van der Waals surface area contributed by atoms with Crippen LogP contribution in [-0.4, -0.2) is 55.9 Å². The predicted octanol–water partition coefficient (Wildman–Crippen LogP) is 1.96. The first kappa shape index (κ1) is 17.9. The number of rotatable bonds is 4. The molecule has 0 N–H and O–H groups in total. The Morgan fingerprint density at radius 3 is 2.52 bits per heavy atom. The van der Waals surface area contributed by atoms with E-state index < -0.39 is 9.84 Å². The molecule has 0 aromatic carbocycles. The normalized spacial score (nSPS) is 16.6. The van der Waals surface area contributed by atoms with E-state index in [4.69, 9.17) is 0 Å². The van der Waals surface area contributed by atoms with E-state index in [-0.39, 0.29) is 30.5 Å². The van der Waals surface area contributed by atoms with Crippen molar-refractivity contribution in [3.63, 3.8) is 0 Å². The van der Waals surface area contributed by atoms with Crippen LogP contribution in [0.5, 0.6) is 0 Å². The highest BCUT2D eigenvalue weighted by Gasteiger charge is 2.25. The quantitative estimate of drug-likeness (QED) is 0.812. The minimum Gasteiger partial charge on any atom is -0.355 e. The molecule has 3 rings (SSSR count). The van der Waals surface area contributed by atoms with Crippen molar-refractivity contribution in [3.8, 4) is 0 Å². The van der Waals surface area contributed by atoms with Crippen LogP contribution in [-0.2, 0) is 16.4 Å². The molecule has 0 unspecified atom stereocenters. The SMILES string of the molecule is Cc1ccc(CN(C)c2ccc(C(=O)N3CCS(=O)(=O)CC3)cn2)s1. The van der Waals surface area contributed by atoms with Gasteiger partial charge in [-0.25, -0.2) is 13.4 Å². The summed E-state index contributed by atoms with van der Waals surface area (Å²) < 4.78 is 22.9. The van der Waals surface area contributed by atoms with E-state index in [0.717, 1.165) is 12.4 Å². The van der Waals surface area contributed by atoms with Gasteiger partial charge in [0.1, 0.15) is 5.82 Å². The number of aromatic nitrogens is 1. The number of amides is 1. The van der Waals surface area contributed by atoms with Crippen LogP contribution < -0.4 is 4.90 Å². The van der Waals surface area contributed by atoms with Crippen LogP contribution in [0.3, 0.4) is 0 Å². The van der Waals surface area contributed by atoms with Crippen molar-refractivity contribution in [1.82, 2.24) is 9.88 Å². The topological polar surface area (TPSA) is 70.6 Å². The number of hydrogen-bond donors (Lipinski definition) is 0. The predicted molar refractivity (Wildman–Crippen MR) is 100.0 cm³/mol. The lowest BCUT2D eigenvalue weighted by molar-refractivity contribution is 0.0770. The molecule has 0 atom stereocenters. The second-order valence-corrected chi connectivity index (χ2v) is 9.89. The number of aryl methyl sites for hydroxylation is 1. The van der Waals surface area contributed by atoms with E-state index in [0.29, 0.717) is 5.56 Å². The van der Waals surface area contributed by atoms with Crippen LogP contribution in [0.2, 0.25) is 0 Å². The number of pyridine rings is 1. The van der Waals surface area contributed by atoms with E-state index >= 15 is 0 Å². The molecule has 0 spiro atoms. The highest BCUT2D eigenvalue weighted by molar-refractivity contribution is 7.91. The van der Waals surface area contributed by atoms with Crippen molar-refractivity contribution < 1.29 is 13.2 Å². The third kappa shape index (κ3) is 4.38. The largest absolute Gasteiger partial charge is 0.355 e. The summed E-state index contributed by atoms with van der Waals surface area (Å²) in [6, 6.07) is 7.79. The summed E-state index contributed by atoms with van der Waals surface area (Å²) in [5.74, 6) is 0.704. The number of sulfone groups is 1. The van der Waals surface area contributed by atoms with Crippen molar-refractivity contribution in [1.29, 1.82) is 0 Å². The van der Waals surface area contributed by atoms with Gasteiger partial charge in [0.15, 0.2) is 9.84 Å². The fourth-order valence-electron chi connectivity index (χ4n) is 2.72. The fraction of sp³-hybridized carbons (Fsp3) is 0.412. The van der Waals surface area contributed by atoms with Crippen molar-refractivity contribution in [2.45, 2.75) is 13.5 Å². The molecule has 0 radical (unpaired) electrons. The number of anilines is 1. The Bertz CT molecular complexity index is 846. The smallest absolute Gasteiger partial charge is 0.255 e. The summed E-state index contributed by atoms with van der Waals surface area (Å²) in [6.45, 7) is 3.35. The van der Waals surface area contributed by atoms with Gasteiger partial charge >= 0.3 is 0 Å². The van der Waals surface area contributed by atoms with E-state index in [1.54, 1.807) is 28.5 Å². The minimum absolute atomic E-state index is 0.0349. The maximum Gasteiger partial charge on any atom is 0.255 e. The fourth-order valence-corrected chi connectivity index (χ4v) is 4.87. The first-order valence-corrected chi connectivity index (χ1v) is 10.7. The van der Waals surface area contributed by atoms with Crippen LogP contribution in [0.1, 0.15) is 20.1 Å². The first-order chi connectivity index (χ1) is 11.8. The lowest BCUT2D eigenvalue weighted by Crippen LogP contribution is -2.43.